The molecule has 1 aliphatic carbocycles. The summed E-state index contributed by atoms with van der Waals surface area (Å²) in [7, 11) is 0. The number of nitrogens with zero attached hydrogens (tertiary/aromatic N) is 1. The Hall–Kier alpha value is -2.25. The number of benzene rings is 1. The predicted octanol–water partition coefficient (Wildman–Crippen LogP) is 3.36. The molecular weight excluding hydrogens is 405 g/mol. The average Bonchev–Trinajstić information content (AvgIpc) is 2.83. The van der Waals surface area contributed by atoms with Gasteiger partial charge in [-0.3, -0.25) is 9.78 Å². The molecule has 1 aromatic carbocycles. The second-order valence-corrected chi connectivity index (χ2v) is 9.62. The quantitative estimate of drug-likeness (QED) is 0.574. The molecule has 0 radical (unpaired) electrons. The third-order valence-electron chi connectivity index (χ3n) is 7.46. The SMILES string of the molecule is O=c1[nH]c(NCC2Cc3ccccc3CN2)nc(C2CCNCC2)c1C1CCC(F)CC1. The van der Waals surface area contributed by atoms with Gasteiger partial charge in [0, 0.05) is 30.6 Å². The van der Waals surface area contributed by atoms with Gasteiger partial charge in [-0.15, -0.1) is 0 Å². The molecular formula is C25H34FN5O. The number of alkyl halides is 1. The Morgan fingerprint density at radius 2 is 1.75 bits per heavy atom. The first-order valence-electron chi connectivity index (χ1n) is 12.2. The van der Waals surface area contributed by atoms with Crippen molar-refractivity contribution in [3.63, 3.8) is 0 Å². The van der Waals surface area contributed by atoms with E-state index in [0.29, 0.717) is 25.3 Å². The van der Waals surface area contributed by atoms with Crippen molar-refractivity contribution in [2.24, 2.45) is 0 Å². The highest BCUT2D eigenvalue weighted by atomic mass is 19.1. The summed E-state index contributed by atoms with van der Waals surface area (Å²) in [4.78, 5) is 21.2. The van der Waals surface area contributed by atoms with E-state index in [-0.39, 0.29) is 23.4 Å². The van der Waals surface area contributed by atoms with Crippen LogP contribution in [0.4, 0.5) is 10.3 Å². The topological polar surface area (TPSA) is 81.8 Å². The van der Waals surface area contributed by atoms with Crippen LogP contribution in [0.1, 0.15) is 72.7 Å². The van der Waals surface area contributed by atoms with Crippen LogP contribution in [0.3, 0.4) is 0 Å². The molecule has 1 aromatic heterocycles. The van der Waals surface area contributed by atoms with Crippen molar-refractivity contribution in [2.75, 3.05) is 25.0 Å². The first-order chi connectivity index (χ1) is 15.7. The molecule has 2 aliphatic heterocycles. The van der Waals surface area contributed by atoms with Gasteiger partial charge in [-0.25, -0.2) is 9.37 Å². The Kier molecular flexibility index (Phi) is 6.55. The number of hydrogen-bond donors (Lipinski definition) is 4. The molecule has 1 unspecified atom stereocenters. The van der Waals surface area contributed by atoms with E-state index in [9.17, 15) is 9.18 Å². The molecule has 3 aliphatic rings. The summed E-state index contributed by atoms with van der Waals surface area (Å²) in [6.45, 7) is 3.46. The molecule has 2 fully saturated rings. The molecule has 0 amide bonds. The number of hydrogen-bond acceptors (Lipinski definition) is 5. The van der Waals surface area contributed by atoms with E-state index in [1.165, 1.54) is 11.1 Å². The van der Waals surface area contributed by atoms with Crippen molar-refractivity contribution < 1.29 is 4.39 Å². The molecule has 3 heterocycles. The highest BCUT2D eigenvalue weighted by molar-refractivity contribution is 5.35. The first-order valence-corrected chi connectivity index (χ1v) is 12.2. The lowest BCUT2D eigenvalue weighted by Crippen LogP contribution is -2.41. The minimum Gasteiger partial charge on any atom is -0.354 e. The number of rotatable bonds is 5. The summed E-state index contributed by atoms with van der Waals surface area (Å²) >= 11 is 0. The second kappa shape index (κ2) is 9.71. The summed E-state index contributed by atoms with van der Waals surface area (Å²) in [6.07, 6.45) is 4.78. The lowest BCUT2D eigenvalue weighted by Gasteiger charge is -2.30. The van der Waals surface area contributed by atoms with Crippen LogP contribution in [0.25, 0.3) is 0 Å². The van der Waals surface area contributed by atoms with Crippen molar-refractivity contribution >= 4 is 5.95 Å². The van der Waals surface area contributed by atoms with Gasteiger partial charge in [0.2, 0.25) is 5.95 Å². The number of H-pyrrole nitrogens is 1. The molecule has 5 rings (SSSR count). The maximum Gasteiger partial charge on any atom is 0.256 e. The van der Waals surface area contributed by atoms with Crippen molar-refractivity contribution in [1.29, 1.82) is 0 Å². The average molecular weight is 440 g/mol. The van der Waals surface area contributed by atoms with Gasteiger partial charge in [0.1, 0.15) is 6.17 Å². The largest absolute Gasteiger partial charge is 0.354 e. The Bertz CT molecular complexity index is 979. The summed E-state index contributed by atoms with van der Waals surface area (Å²) in [5.41, 5.74) is 4.46. The molecule has 1 atom stereocenters. The van der Waals surface area contributed by atoms with Crippen LogP contribution in [0.15, 0.2) is 29.1 Å². The van der Waals surface area contributed by atoms with Crippen molar-refractivity contribution in [3.05, 3.63) is 57.0 Å². The molecule has 1 saturated carbocycles. The van der Waals surface area contributed by atoms with Gasteiger partial charge in [0.05, 0.1) is 5.69 Å². The lowest BCUT2D eigenvalue weighted by atomic mass is 9.80. The number of halogens is 1. The molecule has 32 heavy (non-hydrogen) atoms. The van der Waals surface area contributed by atoms with Gasteiger partial charge in [-0.2, -0.15) is 0 Å². The number of nitrogens with one attached hydrogen (secondary N) is 4. The van der Waals surface area contributed by atoms with Gasteiger partial charge >= 0.3 is 0 Å². The third-order valence-corrected chi connectivity index (χ3v) is 7.46. The fourth-order valence-corrected chi connectivity index (χ4v) is 5.61. The summed E-state index contributed by atoms with van der Waals surface area (Å²) in [6, 6.07) is 8.83. The summed E-state index contributed by atoms with van der Waals surface area (Å²) in [5, 5.41) is 10.4. The zero-order chi connectivity index (χ0) is 21.9. The van der Waals surface area contributed by atoms with Crippen LogP contribution in [-0.2, 0) is 13.0 Å². The van der Waals surface area contributed by atoms with Crippen molar-refractivity contribution in [1.82, 2.24) is 20.6 Å². The fraction of sp³-hybridized carbons (Fsp3) is 0.600. The predicted molar refractivity (Wildman–Crippen MR) is 125 cm³/mol. The highest BCUT2D eigenvalue weighted by Gasteiger charge is 2.30. The van der Waals surface area contributed by atoms with E-state index in [4.69, 9.17) is 4.98 Å². The smallest absolute Gasteiger partial charge is 0.256 e. The van der Waals surface area contributed by atoms with E-state index in [1.54, 1.807) is 0 Å². The number of piperidine rings is 1. The van der Waals surface area contributed by atoms with E-state index in [1.807, 2.05) is 0 Å². The lowest BCUT2D eigenvalue weighted by molar-refractivity contribution is 0.234. The van der Waals surface area contributed by atoms with E-state index >= 15 is 0 Å². The number of aromatic nitrogens is 2. The number of anilines is 1. The monoisotopic (exact) mass is 439 g/mol. The van der Waals surface area contributed by atoms with Crippen LogP contribution >= 0.6 is 0 Å². The standard InChI is InChI=1S/C25H34FN5O/c26-20-7-5-16(6-8-20)22-23(17-9-11-27-12-10-17)30-25(31-24(22)32)29-15-21-13-18-3-1-2-4-19(18)14-28-21/h1-4,16-17,20-21,27-28H,5-15H2,(H2,29,30,31,32). The van der Waals surface area contributed by atoms with Gasteiger partial charge in [0.15, 0.2) is 0 Å². The molecule has 6 nitrogen and oxygen atoms in total. The molecule has 172 valence electrons. The Morgan fingerprint density at radius 1 is 1.00 bits per heavy atom. The van der Waals surface area contributed by atoms with Gasteiger partial charge in [-0.05, 0) is 75.1 Å². The second-order valence-electron chi connectivity index (χ2n) is 9.62. The normalized spacial score (nSPS) is 26.5. The maximum atomic E-state index is 13.7. The van der Waals surface area contributed by atoms with Crippen LogP contribution < -0.4 is 21.5 Å². The Balaban J connectivity index is 1.35. The molecule has 1 saturated heterocycles. The van der Waals surface area contributed by atoms with Gasteiger partial charge in [0.25, 0.3) is 5.56 Å². The summed E-state index contributed by atoms with van der Waals surface area (Å²) < 4.78 is 13.7. The molecule has 0 bridgehead atoms. The zero-order valence-corrected chi connectivity index (χ0v) is 18.6. The van der Waals surface area contributed by atoms with Gasteiger partial charge in [-0.1, -0.05) is 24.3 Å². The van der Waals surface area contributed by atoms with E-state index in [2.05, 4.69) is 45.2 Å². The fourth-order valence-electron chi connectivity index (χ4n) is 5.61. The molecule has 2 aromatic rings. The first kappa shape index (κ1) is 21.6. The number of aromatic amines is 1. The maximum absolute atomic E-state index is 13.7. The van der Waals surface area contributed by atoms with Crippen LogP contribution in [-0.4, -0.2) is 41.8 Å². The highest BCUT2D eigenvalue weighted by Crippen LogP contribution is 2.37. The van der Waals surface area contributed by atoms with Crippen LogP contribution in [0.2, 0.25) is 0 Å². The van der Waals surface area contributed by atoms with Crippen LogP contribution in [0, 0.1) is 0 Å². The number of fused-ring (bicyclic) bond motifs is 1. The van der Waals surface area contributed by atoms with Gasteiger partial charge < -0.3 is 16.0 Å². The van der Waals surface area contributed by atoms with E-state index < -0.39 is 6.17 Å². The zero-order valence-electron chi connectivity index (χ0n) is 18.6. The molecule has 0 spiro atoms. The minimum absolute atomic E-state index is 0.0414. The Morgan fingerprint density at radius 3 is 2.53 bits per heavy atom. The summed E-state index contributed by atoms with van der Waals surface area (Å²) in [5.74, 6) is 0.970. The van der Waals surface area contributed by atoms with Crippen LogP contribution in [0.5, 0.6) is 0 Å². The molecule has 7 heteroatoms. The van der Waals surface area contributed by atoms with Crippen molar-refractivity contribution in [2.45, 2.75) is 75.5 Å². The minimum atomic E-state index is -0.727. The van der Waals surface area contributed by atoms with E-state index in [0.717, 1.165) is 63.0 Å². The van der Waals surface area contributed by atoms with Crippen molar-refractivity contribution in [3.8, 4) is 0 Å². The third kappa shape index (κ3) is 4.74. The Labute approximate surface area is 188 Å². The molecule has 4 N–H and O–H groups in total.